The van der Waals surface area contributed by atoms with Gasteiger partial charge in [-0.15, -0.1) is 0 Å². The van der Waals surface area contributed by atoms with Gasteiger partial charge in [0.15, 0.2) is 5.78 Å². The van der Waals surface area contributed by atoms with Crippen molar-refractivity contribution >= 4 is 11.8 Å². The maximum Gasteiger partial charge on any atom is 0.367 e. The Kier molecular flexibility index (Phi) is 5.74. The van der Waals surface area contributed by atoms with Crippen LogP contribution in [0.3, 0.4) is 0 Å². The number of hydrogen-bond donors (Lipinski definition) is 0. The largest absolute Gasteiger partial charge is 0.461 e. The highest BCUT2D eigenvalue weighted by atomic mass is 19.1. The number of hydrogen-bond acceptors (Lipinski definition) is 3. The smallest absolute Gasteiger partial charge is 0.367 e. The van der Waals surface area contributed by atoms with Gasteiger partial charge in [0.25, 0.3) is 0 Å². The van der Waals surface area contributed by atoms with E-state index in [-0.39, 0.29) is 17.4 Å². The van der Waals surface area contributed by atoms with Crippen molar-refractivity contribution < 1.29 is 18.7 Å². The highest BCUT2D eigenvalue weighted by Gasteiger charge is 2.60. The number of esters is 1. The first-order valence-corrected chi connectivity index (χ1v) is 12.1. The van der Waals surface area contributed by atoms with Crippen molar-refractivity contribution in [1.29, 1.82) is 0 Å². The molecule has 4 rings (SSSR count). The minimum Gasteiger partial charge on any atom is -0.461 e. The second kappa shape index (κ2) is 7.91. The third-order valence-electron chi connectivity index (χ3n) is 9.42. The van der Waals surface area contributed by atoms with Crippen molar-refractivity contribution in [2.24, 2.45) is 34.5 Å². The van der Waals surface area contributed by atoms with Crippen molar-refractivity contribution in [3.05, 3.63) is 23.0 Å². The van der Waals surface area contributed by atoms with Gasteiger partial charge in [-0.05, 0) is 98.0 Å². The molecule has 0 bridgehead atoms. The molecule has 3 saturated carbocycles. The fraction of sp³-hybridized carbons (Fsp3) is 0.769. The van der Waals surface area contributed by atoms with Crippen LogP contribution >= 0.6 is 0 Å². The van der Waals surface area contributed by atoms with Crippen molar-refractivity contribution in [3.8, 4) is 0 Å². The van der Waals surface area contributed by atoms with Gasteiger partial charge in [0, 0.05) is 6.42 Å². The Morgan fingerprint density at radius 3 is 2.63 bits per heavy atom. The minimum absolute atomic E-state index is 0.0975. The zero-order valence-corrected chi connectivity index (χ0v) is 19.1. The van der Waals surface area contributed by atoms with Crippen molar-refractivity contribution in [3.63, 3.8) is 0 Å². The summed E-state index contributed by atoms with van der Waals surface area (Å²) in [4.78, 5) is 24.5. The first-order chi connectivity index (χ1) is 14.3. The van der Waals surface area contributed by atoms with Gasteiger partial charge in [-0.2, -0.15) is 4.39 Å². The summed E-state index contributed by atoms with van der Waals surface area (Å²) in [7, 11) is 0. The molecular formula is C26H37FO3. The zero-order chi connectivity index (χ0) is 21.7. The third kappa shape index (κ3) is 3.12. The molecule has 0 radical (unpaired) electrons. The maximum absolute atomic E-state index is 15.0. The minimum atomic E-state index is -0.786. The second-order valence-corrected chi connectivity index (χ2v) is 10.5. The molecule has 3 nitrogen and oxygen atoms in total. The fourth-order valence-electron chi connectivity index (χ4n) is 8.01. The van der Waals surface area contributed by atoms with E-state index in [1.54, 1.807) is 6.92 Å². The summed E-state index contributed by atoms with van der Waals surface area (Å²) in [6, 6.07) is 0. The van der Waals surface area contributed by atoms with Crippen LogP contribution in [0.25, 0.3) is 0 Å². The number of halogens is 1. The molecule has 4 aliphatic rings. The van der Waals surface area contributed by atoms with E-state index in [4.69, 9.17) is 4.74 Å². The monoisotopic (exact) mass is 416 g/mol. The lowest BCUT2D eigenvalue weighted by Crippen LogP contribution is -2.52. The molecule has 0 N–H and O–H groups in total. The average Bonchev–Trinajstić information content (AvgIpc) is 3.06. The Hall–Kier alpha value is -1.45. The summed E-state index contributed by atoms with van der Waals surface area (Å²) >= 11 is 0. The van der Waals surface area contributed by atoms with E-state index < -0.39 is 11.8 Å². The van der Waals surface area contributed by atoms with Crippen LogP contribution in [0.1, 0.15) is 85.5 Å². The number of fused-ring (bicyclic) bond motifs is 5. The van der Waals surface area contributed by atoms with Gasteiger partial charge in [-0.1, -0.05) is 32.8 Å². The van der Waals surface area contributed by atoms with E-state index >= 15 is 4.39 Å². The molecule has 0 aliphatic heterocycles. The van der Waals surface area contributed by atoms with Gasteiger partial charge < -0.3 is 4.74 Å². The van der Waals surface area contributed by atoms with Gasteiger partial charge >= 0.3 is 5.97 Å². The maximum atomic E-state index is 15.0. The van der Waals surface area contributed by atoms with E-state index in [1.807, 2.05) is 6.08 Å². The number of rotatable bonds is 4. The molecule has 0 amide bonds. The van der Waals surface area contributed by atoms with Crippen LogP contribution in [0.5, 0.6) is 0 Å². The van der Waals surface area contributed by atoms with E-state index in [0.717, 1.165) is 44.9 Å². The Labute approximate surface area is 180 Å². The van der Waals surface area contributed by atoms with E-state index in [0.29, 0.717) is 47.9 Å². The highest BCUT2D eigenvalue weighted by Crippen LogP contribution is 2.68. The Morgan fingerprint density at radius 1 is 1.17 bits per heavy atom. The molecule has 6 atom stereocenters. The lowest BCUT2D eigenvalue weighted by molar-refractivity contribution is -0.140. The van der Waals surface area contributed by atoms with Crippen LogP contribution in [-0.4, -0.2) is 18.4 Å². The first-order valence-electron chi connectivity index (χ1n) is 12.1. The van der Waals surface area contributed by atoms with E-state index in [9.17, 15) is 9.59 Å². The molecule has 4 heteroatoms. The number of allylic oxidation sites excluding steroid dienone is 2. The lowest BCUT2D eigenvalue weighted by atomic mass is 9.44. The summed E-state index contributed by atoms with van der Waals surface area (Å²) in [6.45, 7) is 8.76. The summed E-state index contributed by atoms with van der Waals surface area (Å²) in [6.07, 6.45) is 10.6. The molecule has 0 spiro atoms. The third-order valence-corrected chi connectivity index (χ3v) is 9.42. The number of carbonyl (C=O) groups is 2. The topological polar surface area (TPSA) is 43.4 Å². The van der Waals surface area contributed by atoms with E-state index in [1.165, 1.54) is 5.57 Å². The summed E-state index contributed by atoms with van der Waals surface area (Å²) < 4.78 is 20.0. The second-order valence-electron chi connectivity index (χ2n) is 10.5. The molecule has 166 valence electrons. The predicted octanol–water partition coefficient (Wildman–Crippen LogP) is 6.33. The van der Waals surface area contributed by atoms with Crippen LogP contribution in [0, 0.1) is 34.5 Å². The Morgan fingerprint density at radius 2 is 1.93 bits per heavy atom. The van der Waals surface area contributed by atoms with E-state index in [2.05, 4.69) is 20.8 Å². The SMILES string of the molecule is CCC[C@H]1CC(=O)C=C2CC[C@@H]3[C@H](CC[C@]4(C)C(=C(F)C(=O)OCC)CC[C@@H]34)[C@]21C. The first kappa shape index (κ1) is 21.8. The summed E-state index contributed by atoms with van der Waals surface area (Å²) in [5.41, 5.74) is 1.95. The molecule has 0 aromatic rings. The van der Waals surface area contributed by atoms with Crippen LogP contribution in [0.15, 0.2) is 23.0 Å². The zero-order valence-electron chi connectivity index (χ0n) is 19.1. The lowest BCUT2D eigenvalue weighted by Gasteiger charge is -2.59. The summed E-state index contributed by atoms with van der Waals surface area (Å²) in [5.74, 6) is 0.851. The standard InChI is InChI=1S/C26H37FO3/c1-5-7-16-14-18(28)15-17-8-9-19-20-10-11-22(23(27)24(29)30-6-2)25(20,3)13-12-21(19)26(16,17)4/h15-16,19-21H,5-14H2,1-4H3/t16-,19-,20-,21-,25-,26-/m0/s1. The van der Waals surface area contributed by atoms with Crippen LogP contribution in [0.2, 0.25) is 0 Å². The Bertz CT molecular complexity index is 796. The van der Waals surface area contributed by atoms with Gasteiger partial charge in [0.1, 0.15) is 0 Å². The van der Waals surface area contributed by atoms with Gasteiger partial charge in [0.2, 0.25) is 5.83 Å². The van der Waals surface area contributed by atoms with Crippen molar-refractivity contribution in [1.82, 2.24) is 0 Å². The van der Waals surface area contributed by atoms with Gasteiger partial charge in [-0.25, -0.2) is 4.79 Å². The normalized spacial score (nSPS) is 42.0. The molecule has 0 aromatic carbocycles. The quantitative estimate of drug-likeness (QED) is 0.397. The number of carbonyl (C=O) groups excluding carboxylic acids is 2. The van der Waals surface area contributed by atoms with Crippen LogP contribution < -0.4 is 0 Å². The molecule has 4 aliphatic carbocycles. The fourth-order valence-corrected chi connectivity index (χ4v) is 8.01. The van der Waals surface area contributed by atoms with Crippen LogP contribution in [-0.2, 0) is 14.3 Å². The van der Waals surface area contributed by atoms with Gasteiger partial charge in [-0.3, -0.25) is 4.79 Å². The van der Waals surface area contributed by atoms with Gasteiger partial charge in [0.05, 0.1) is 6.61 Å². The van der Waals surface area contributed by atoms with Crippen molar-refractivity contribution in [2.45, 2.75) is 85.5 Å². The molecule has 0 saturated heterocycles. The highest BCUT2D eigenvalue weighted by molar-refractivity contribution is 5.92. The predicted molar refractivity (Wildman–Crippen MR) is 115 cm³/mol. The van der Waals surface area contributed by atoms with Crippen molar-refractivity contribution in [2.75, 3.05) is 6.61 Å². The summed E-state index contributed by atoms with van der Waals surface area (Å²) in [5, 5.41) is 0. The molecule has 0 heterocycles. The number of ketones is 1. The molecule has 0 unspecified atom stereocenters. The molecule has 3 fully saturated rings. The number of ether oxygens (including phenoxy) is 1. The molecule has 30 heavy (non-hydrogen) atoms. The Balaban J connectivity index is 1.67. The average molecular weight is 417 g/mol. The molecular weight excluding hydrogens is 379 g/mol. The van der Waals surface area contributed by atoms with Crippen LogP contribution in [0.4, 0.5) is 4.39 Å². The molecule has 0 aromatic heterocycles.